The molecule has 3 unspecified atom stereocenters. The van der Waals surface area contributed by atoms with Crippen LogP contribution >= 0.6 is 0 Å². The van der Waals surface area contributed by atoms with Crippen molar-refractivity contribution < 1.29 is 0 Å². The summed E-state index contributed by atoms with van der Waals surface area (Å²) in [6, 6.07) is 6.90. The average Bonchev–Trinajstić information content (AvgIpc) is 2.71. The first-order valence-electron chi connectivity index (χ1n) is 7.82. The molecule has 1 heterocycles. The highest BCUT2D eigenvalue weighted by molar-refractivity contribution is 5.67. The van der Waals surface area contributed by atoms with E-state index < -0.39 is 0 Å². The Morgan fingerprint density at radius 3 is 2.50 bits per heavy atom. The molecule has 1 aliphatic heterocycles. The van der Waals surface area contributed by atoms with E-state index in [9.17, 15) is 0 Å². The minimum Gasteiger partial charge on any atom is -0.304 e. The van der Waals surface area contributed by atoms with Crippen LogP contribution in [0.15, 0.2) is 18.2 Å². The van der Waals surface area contributed by atoms with Gasteiger partial charge >= 0.3 is 0 Å². The van der Waals surface area contributed by atoms with Gasteiger partial charge in [0.15, 0.2) is 0 Å². The van der Waals surface area contributed by atoms with E-state index in [4.69, 9.17) is 5.84 Å². The first kappa shape index (κ1) is 13.9. The summed E-state index contributed by atoms with van der Waals surface area (Å²) in [4.78, 5) is 0. The van der Waals surface area contributed by atoms with Crippen LogP contribution in [0.25, 0.3) is 0 Å². The number of rotatable bonds is 0. The van der Waals surface area contributed by atoms with Crippen LogP contribution in [-0.2, 0) is 10.8 Å². The molecule has 3 rings (SSSR count). The Kier molecular flexibility index (Phi) is 2.64. The molecule has 0 aromatic heterocycles. The van der Waals surface area contributed by atoms with E-state index in [1.807, 2.05) is 0 Å². The quantitative estimate of drug-likeness (QED) is 0.720. The van der Waals surface area contributed by atoms with Crippen LogP contribution in [0, 0.1) is 5.92 Å². The van der Waals surface area contributed by atoms with Gasteiger partial charge in [0.2, 0.25) is 0 Å². The molecule has 110 valence electrons. The van der Waals surface area contributed by atoms with Gasteiger partial charge in [-0.2, -0.15) is 0 Å². The zero-order valence-corrected chi connectivity index (χ0v) is 13.7. The van der Waals surface area contributed by atoms with E-state index in [2.05, 4.69) is 64.8 Å². The van der Waals surface area contributed by atoms with Gasteiger partial charge in [-0.25, -0.2) is 5.84 Å². The molecular formula is C18H28N2. The van der Waals surface area contributed by atoms with Crippen molar-refractivity contribution in [2.45, 2.75) is 70.8 Å². The fraction of sp³-hybridized carbons (Fsp3) is 0.667. The summed E-state index contributed by atoms with van der Waals surface area (Å²) in [5.74, 6) is 7.18. The van der Waals surface area contributed by atoms with E-state index in [0.717, 1.165) is 0 Å². The smallest absolute Gasteiger partial charge is 0.0630 e. The molecule has 2 heteroatoms. The van der Waals surface area contributed by atoms with E-state index >= 15 is 0 Å². The Balaban J connectivity index is 2.23. The number of nitrogens with zero attached hydrogens (tertiary/aromatic N) is 1. The maximum atomic E-state index is 6.51. The van der Waals surface area contributed by atoms with E-state index in [0.29, 0.717) is 5.92 Å². The molecule has 1 aromatic carbocycles. The molecule has 0 bridgehead atoms. The Bertz CT molecular complexity index is 557. The number of nitrogens with two attached hydrogens (primary N) is 1. The predicted octanol–water partition coefficient (Wildman–Crippen LogP) is 4.12. The van der Waals surface area contributed by atoms with Gasteiger partial charge < -0.3 is 5.01 Å². The van der Waals surface area contributed by atoms with Crippen LogP contribution in [0.5, 0.6) is 0 Å². The largest absolute Gasteiger partial charge is 0.304 e. The molecule has 0 amide bonds. The van der Waals surface area contributed by atoms with Gasteiger partial charge in [-0.15, -0.1) is 0 Å². The van der Waals surface area contributed by atoms with E-state index in [1.54, 1.807) is 0 Å². The first-order chi connectivity index (χ1) is 9.12. The highest BCUT2D eigenvalue weighted by atomic mass is 15.5. The third kappa shape index (κ3) is 1.43. The van der Waals surface area contributed by atoms with Crippen LogP contribution in [0.4, 0.5) is 5.69 Å². The van der Waals surface area contributed by atoms with Crippen molar-refractivity contribution in [1.29, 1.82) is 0 Å². The molecule has 2 nitrogen and oxygen atoms in total. The average molecular weight is 272 g/mol. The number of hydrazine groups is 1. The SMILES string of the molecule is CC1CCC2(C)N(N)c3ccc(C(C)(C)C)cc3C12C. The van der Waals surface area contributed by atoms with Crippen LogP contribution in [0.2, 0.25) is 0 Å². The second-order valence-corrected chi connectivity index (χ2v) is 8.27. The third-order valence-corrected chi connectivity index (χ3v) is 6.38. The van der Waals surface area contributed by atoms with Crippen molar-refractivity contribution >= 4 is 5.69 Å². The maximum Gasteiger partial charge on any atom is 0.0630 e. The Labute approximate surface area is 123 Å². The lowest BCUT2D eigenvalue weighted by atomic mass is 9.67. The molecule has 1 saturated carbocycles. The summed E-state index contributed by atoms with van der Waals surface area (Å²) >= 11 is 0. The Morgan fingerprint density at radius 1 is 1.25 bits per heavy atom. The third-order valence-electron chi connectivity index (χ3n) is 6.38. The summed E-state index contributed by atoms with van der Waals surface area (Å²) in [6.45, 7) is 14.0. The molecular weight excluding hydrogens is 244 g/mol. The lowest BCUT2D eigenvalue weighted by Gasteiger charge is -2.41. The summed E-state index contributed by atoms with van der Waals surface area (Å²) in [5.41, 5.74) is 4.51. The number of fused-ring (bicyclic) bond motifs is 3. The minimum absolute atomic E-state index is 0.0608. The lowest BCUT2D eigenvalue weighted by Crippen LogP contribution is -2.55. The Morgan fingerprint density at radius 2 is 1.90 bits per heavy atom. The van der Waals surface area contributed by atoms with Crippen LogP contribution < -0.4 is 10.9 Å². The topological polar surface area (TPSA) is 29.3 Å². The van der Waals surface area contributed by atoms with Crippen LogP contribution in [0.1, 0.15) is 65.5 Å². The maximum absolute atomic E-state index is 6.51. The molecule has 20 heavy (non-hydrogen) atoms. The molecule has 1 aromatic rings. The molecule has 0 radical (unpaired) electrons. The lowest BCUT2D eigenvalue weighted by molar-refractivity contribution is 0.264. The fourth-order valence-corrected chi connectivity index (χ4v) is 4.40. The number of hydrogen-bond donors (Lipinski definition) is 1. The van der Waals surface area contributed by atoms with Crippen molar-refractivity contribution in [3.63, 3.8) is 0 Å². The van der Waals surface area contributed by atoms with Crippen LogP contribution in [-0.4, -0.2) is 5.54 Å². The monoisotopic (exact) mass is 272 g/mol. The molecule has 3 atom stereocenters. The standard InChI is InChI=1S/C18H28N2/c1-12-9-10-17(5)18(12,6)14-11-13(16(2,3)4)7-8-15(14)20(17)19/h7-8,11-12H,9-10,19H2,1-6H3. The van der Waals surface area contributed by atoms with Crippen molar-refractivity contribution in [3.05, 3.63) is 29.3 Å². The van der Waals surface area contributed by atoms with Gasteiger partial charge in [-0.3, -0.25) is 0 Å². The predicted molar refractivity (Wildman–Crippen MR) is 86.0 cm³/mol. The van der Waals surface area contributed by atoms with E-state index in [1.165, 1.54) is 29.7 Å². The summed E-state index contributed by atoms with van der Waals surface area (Å²) < 4.78 is 0. The van der Waals surface area contributed by atoms with Gasteiger partial charge in [0, 0.05) is 5.41 Å². The van der Waals surface area contributed by atoms with E-state index in [-0.39, 0.29) is 16.4 Å². The zero-order valence-electron chi connectivity index (χ0n) is 13.7. The fourth-order valence-electron chi connectivity index (χ4n) is 4.40. The van der Waals surface area contributed by atoms with Gasteiger partial charge in [0.1, 0.15) is 0 Å². The number of anilines is 1. The highest BCUT2D eigenvalue weighted by Gasteiger charge is 2.61. The summed E-state index contributed by atoms with van der Waals surface area (Å²) in [7, 11) is 0. The van der Waals surface area contributed by atoms with Crippen LogP contribution in [0.3, 0.4) is 0 Å². The van der Waals surface area contributed by atoms with Gasteiger partial charge in [0.25, 0.3) is 0 Å². The normalized spacial score (nSPS) is 36.1. The first-order valence-corrected chi connectivity index (χ1v) is 7.82. The molecule has 2 aliphatic rings. The van der Waals surface area contributed by atoms with Crippen molar-refractivity contribution in [2.24, 2.45) is 11.8 Å². The molecule has 1 aliphatic carbocycles. The molecule has 0 saturated heterocycles. The molecule has 2 N–H and O–H groups in total. The highest BCUT2D eigenvalue weighted by Crippen LogP contribution is 2.61. The van der Waals surface area contributed by atoms with Gasteiger partial charge in [-0.05, 0) is 48.3 Å². The second-order valence-electron chi connectivity index (χ2n) is 8.27. The Hall–Kier alpha value is -1.02. The molecule has 0 spiro atoms. The zero-order chi connectivity index (χ0) is 14.9. The number of benzene rings is 1. The van der Waals surface area contributed by atoms with Gasteiger partial charge in [0.05, 0.1) is 11.2 Å². The second kappa shape index (κ2) is 3.79. The summed E-state index contributed by atoms with van der Waals surface area (Å²) in [5, 5.41) is 2.05. The molecule has 1 fully saturated rings. The van der Waals surface area contributed by atoms with Crippen molar-refractivity contribution in [3.8, 4) is 0 Å². The summed E-state index contributed by atoms with van der Waals surface area (Å²) in [6.07, 6.45) is 2.45. The van der Waals surface area contributed by atoms with Gasteiger partial charge in [-0.1, -0.05) is 46.8 Å². The van der Waals surface area contributed by atoms with Crippen molar-refractivity contribution in [2.75, 3.05) is 5.01 Å². The van der Waals surface area contributed by atoms with Crippen molar-refractivity contribution in [1.82, 2.24) is 0 Å². The minimum atomic E-state index is 0.0608. The number of hydrogen-bond acceptors (Lipinski definition) is 2.